The third kappa shape index (κ3) is 4.86. The number of pyridine rings is 2. The first-order valence-corrected chi connectivity index (χ1v) is 10.3. The molecule has 6 heteroatoms. The molecule has 1 aliphatic carbocycles. The molecule has 0 fully saturated rings. The SMILES string of the molecule is CCC(Sc1nc2c(cc1C#N)CCCCC2)C(=O)Nc1ccc(C)cn1. The molecule has 27 heavy (non-hydrogen) atoms. The number of nitriles is 1. The Morgan fingerprint density at radius 1 is 1.33 bits per heavy atom. The molecule has 0 radical (unpaired) electrons. The molecule has 1 atom stereocenters. The van der Waals surface area contributed by atoms with Crippen molar-refractivity contribution < 1.29 is 4.79 Å². The zero-order valence-electron chi connectivity index (χ0n) is 15.8. The minimum absolute atomic E-state index is 0.112. The van der Waals surface area contributed by atoms with Crippen molar-refractivity contribution >= 4 is 23.5 Å². The summed E-state index contributed by atoms with van der Waals surface area (Å²) in [5.74, 6) is 0.430. The lowest BCUT2D eigenvalue weighted by atomic mass is 10.1. The largest absolute Gasteiger partial charge is 0.310 e. The van der Waals surface area contributed by atoms with Gasteiger partial charge in [0.2, 0.25) is 5.91 Å². The zero-order valence-corrected chi connectivity index (χ0v) is 16.6. The number of hydrogen-bond acceptors (Lipinski definition) is 5. The molecule has 3 rings (SSSR count). The first-order chi connectivity index (χ1) is 13.1. The quantitative estimate of drug-likeness (QED) is 0.613. The fraction of sp³-hybridized carbons (Fsp3) is 0.429. The molecular formula is C21H24N4OS. The minimum Gasteiger partial charge on any atom is -0.310 e. The monoisotopic (exact) mass is 380 g/mol. The number of carbonyl (C=O) groups is 1. The van der Waals surface area contributed by atoms with E-state index < -0.39 is 0 Å². The van der Waals surface area contributed by atoms with E-state index in [1.807, 2.05) is 26.0 Å². The summed E-state index contributed by atoms with van der Waals surface area (Å²) in [6.07, 6.45) is 7.79. The molecule has 0 saturated carbocycles. The average Bonchev–Trinajstić information content (AvgIpc) is 2.91. The van der Waals surface area contributed by atoms with Crippen LogP contribution in [0.2, 0.25) is 0 Å². The normalized spacial score (nSPS) is 14.6. The molecule has 0 spiro atoms. The zero-order chi connectivity index (χ0) is 19.2. The molecule has 0 aromatic carbocycles. The van der Waals surface area contributed by atoms with Gasteiger partial charge in [-0.15, -0.1) is 0 Å². The summed E-state index contributed by atoms with van der Waals surface area (Å²) in [5, 5.41) is 12.8. The topological polar surface area (TPSA) is 78.7 Å². The van der Waals surface area contributed by atoms with Gasteiger partial charge in [0.1, 0.15) is 16.9 Å². The van der Waals surface area contributed by atoms with Crippen molar-refractivity contribution in [2.75, 3.05) is 5.32 Å². The summed E-state index contributed by atoms with van der Waals surface area (Å²) < 4.78 is 0. The van der Waals surface area contributed by atoms with Crippen molar-refractivity contribution in [3.63, 3.8) is 0 Å². The molecule has 1 N–H and O–H groups in total. The molecule has 0 aliphatic heterocycles. The lowest BCUT2D eigenvalue weighted by Gasteiger charge is -2.16. The van der Waals surface area contributed by atoms with Gasteiger partial charge in [0.05, 0.1) is 10.8 Å². The molecule has 2 aromatic heterocycles. The van der Waals surface area contributed by atoms with E-state index in [-0.39, 0.29) is 11.2 Å². The number of aryl methyl sites for hydroxylation is 3. The number of hydrogen-bond donors (Lipinski definition) is 1. The first kappa shape index (κ1) is 19.4. The van der Waals surface area contributed by atoms with Crippen molar-refractivity contribution in [2.45, 2.75) is 62.6 Å². The van der Waals surface area contributed by atoms with Gasteiger partial charge in [-0.05, 0) is 62.3 Å². The van der Waals surface area contributed by atoms with Crippen LogP contribution in [-0.4, -0.2) is 21.1 Å². The Morgan fingerprint density at radius 3 is 2.85 bits per heavy atom. The van der Waals surface area contributed by atoms with Gasteiger partial charge in [-0.25, -0.2) is 9.97 Å². The molecule has 5 nitrogen and oxygen atoms in total. The minimum atomic E-state index is -0.323. The Bertz CT molecular complexity index is 858. The number of amides is 1. The fourth-order valence-electron chi connectivity index (χ4n) is 3.17. The molecule has 2 aromatic rings. The van der Waals surface area contributed by atoms with Crippen LogP contribution in [0.25, 0.3) is 0 Å². The van der Waals surface area contributed by atoms with Crippen molar-refractivity contribution in [2.24, 2.45) is 0 Å². The summed E-state index contributed by atoms with van der Waals surface area (Å²) in [4.78, 5) is 21.7. The van der Waals surface area contributed by atoms with E-state index in [0.717, 1.165) is 36.9 Å². The van der Waals surface area contributed by atoms with Crippen LogP contribution in [0.4, 0.5) is 5.82 Å². The standard InChI is InChI=1S/C21H24N4OS/c1-3-18(20(26)25-19-10-9-14(2)13-23-19)27-21-16(12-22)11-15-7-5-4-6-8-17(15)24-21/h9-11,13,18H,3-8H2,1-2H3,(H,23,25,26). The van der Waals surface area contributed by atoms with Gasteiger partial charge in [0.15, 0.2) is 0 Å². The summed E-state index contributed by atoms with van der Waals surface area (Å²) >= 11 is 1.38. The smallest absolute Gasteiger partial charge is 0.239 e. The molecule has 0 bridgehead atoms. The van der Waals surface area contributed by atoms with Gasteiger partial charge in [0.25, 0.3) is 0 Å². The molecule has 1 aliphatic rings. The number of anilines is 1. The number of rotatable bonds is 5. The van der Waals surface area contributed by atoms with Gasteiger partial charge >= 0.3 is 0 Å². The maximum atomic E-state index is 12.7. The number of nitrogens with one attached hydrogen (secondary N) is 1. The van der Waals surface area contributed by atoms with Crippen molar-refractivity contribution in [3.8, 4) is 6.07 Å². The van der Waals surface area contributed by atoms with Crippen LogP contribution in [0, 0.1) is 18.3 Å². The third-order valence-electron chi connectivity index (χ3n) is 4.72. The van der Waals surface area contributed by atoms with Crippen LogP contribution < -0.4 is 5.32 Å². The van der Waals surface area contributed by atoms with E-state index in [0.29, 0.717) is 22.8 Å². The van der Waals surface area contributed by atoms with Crippen molar-refractivity contribution in [1.82, 2.24) is 9.97 Å². The van der Waals surface area contributed by atoms with Crippen LogP contribution in [0.1, 0.15) is 55.0 Å². The van der Waals surface area contributed by atoms with Crippen LogP contribution in [0.3, 0.4) is 0 Å². The maximum Gasteiger partial charge on any atom is 0.239 e. The van der Waals surface area contributed by atoms with Crippen LogP contribution in [0.5, 0.6) is 0 Å². The molecule has 140 valence electrons. The Kier molecular flexibility index (Phi) is 6.46. The first-order valence-electron chi connectivity index (χ1n) is 9.43. The molecular weight excluding hydrogens is 356 g/mol. The summed E-state index contributed by atoms with van der Waals surface area (Å²) in [6.45, 7) is 3.92. The lowest BCUT2D eigenvalue weighted by molar-refractivity contribution is -0.115. The fourth-order valence-corrected chi connectivity index (χ4v) is 4.16. The second-order valence-corrected chi connectivity index (χ2v) is 8.04. The van der Waals surface area contributed by atoms with Gasteiger partial charge in [-0.1, -0.05) is 31.2 Å². The van der Waals surface area contributed by atoms with Crippen molar-refractivity contribution in [3.05, 3.63) is 46.8 Å². The van der Waals surface area contributed by atoms with E-state index >= 15 is 0 Å². The van der Waals surface area contributed by atoms with Crippen LogP contribution in [0.15, 0.2) is 29.4 Å². The van der Waals surface area contributed by atoms with Gasteiger partial charge < -0.3 is 5.32 Å². The second-order valence-electron chi connectivity index (χ2n) is 6.84. The molecule has 2 heterocycles. The Morgan fingerprint density at radius 2 is 2.15 bits per heavy atom. The molecule has 1 amide bonds. The summed E-state index contributed by atoms with van der Waals surface area (Å²) in [7, 11) is 0. The van der Waals surface area contributed by atoms with E-state index in [9.17, 15) is 10.1 Å². The number of carbonyl (C=O) groups excluding carboxylic acids is 1. The van der Waals surface area contributed by atoms with E-state index in [1.54, 1.807) is 12.3 Å². The van der Waals surface area contributed by atoms with E-state index in [2.05, 4.69) is 16.4 Å². The van der Waals surface area contributed by atoms with E-state index in [1.165, 1.54) is 23.7 Å². The highest BCUT2D eigenvalue weighted by Gasteiger charge is 2.22. The number of thioether (sulfide) groups is 1. The Hall–Kier alpha value is -2.39. The highest BCUT2D eigenvalue weighted by Crippen LogP contribution is 2.31. The summed E-state index contributed by atoms with van der Waals surface area (Å²) in [6, 6.07) is 7.95. The highest BCUT2D eigenvalue weighted by molar-refractivity contribution is 8.00. The number of fused-ring (bicyclic) bond motifs is 1. The van der Waals surface area contributed by atoms with Crippen LogP contribution in [-0.2, 0) is 17.6 Å². The number of nitrogens with zero attached hydrogens (tertiary/aromatic N) is 3. The predicted octanol–water partition coefficient (Wildman–Crippen LogP) is 4.44. The molecule has 0 saturated heterocycles. The second kappa shape index (κ2) is 9.01. The Balaban J connectivity index is 1.79. The predicted molar refractivity (Wildman–Crippen MR) is 108 cm³/mol. The maximum absolute atomic E-state index is 12.7. The Labute approximate surface area is 164 Å². The lowest BCUT2D eigenvalue weighted by Crippen LogP contribution is -2.25. The van der Waals surface area contributed by atoms with E-state index in [4.69, 9.17) is 4.98 Å². The van der Waals surface area contributed by atoms with Crippen molar-refractivity contribution in [1.29, 1.82) is 5.26 Å². The highest BCUT2D eigenvalue weighted by atomic mass is 32.2. The van der Waals surface area contributed by atoms with Gasteiger partial charge in [-0.3, -0.25) is 4.79 Å². The average molecular weight is 381 g/mol. The third-order valence-corrected chi connectivity index (χ3v) is 6.08. The summed E-state index contributed by atoms with van der Waals surface area (Å²) in [5.41, 5.74) is 3.89. The van der Waals surface area contributed by atoms with Gasteiger partial charge in [0, 0.05) is 11.9 Å². The van der Waals surface area contributed by atoms with Crippen LogP contribution >= 0.6 is 11.8 Å². The number of aromatic nitrogens is 2. The molecule has 1 unspecified atom stereocenters. The van der Waals surface area contributed by atoms with Gasteiger partial charge in [-0.2, -0.15) is 5.26 Å².